The van der Waals surface area contributed by atoms with Gasteiger partial charge in [0.2, 0.25) is 0 Å². The van der Waals surface area contributed by atoms with Gasteiger partial charge in [-0.15, -0.1) is 12.6 Å². The Balaban J connectivity index is 3.72. The van der Waals surface area contributed by atoms with Crippen molar-refractivity contribution in [1.29, 1.82) is 0 Å². The lowest BCUT2D eigenvalue weighted by atomic mass is 10.3. The van der Waals surface area contributed by atoms with E-state index in [2.05, 4.69) is 12.6 Å². The maximum Gasteiger partial charge on any atom is 0.0169 e. The van der Waals surface area contributed by atoms with E-state index in [0.717, 1.165) is 17.0 Å². The van der Waals surface area contributed by atoms with Gasteiger partial charge < -0.3 is 5.73 Å². The smallest absolute Gasteiger partial charge is 0.0169 e. The van der Waals surface area contributed by atoms with E-state index in [0.29, 0.717) is 0 Å². The van der Waals surface area contributed by atoms with Gasteiger partial charge >= 0.3 is 0 Å². The number of hydrogen-bond acceptors (Lipinski definition) is 2. The van der Waals surface area contributed by atoms with Crippen LogP contribution < -0.4 is 5.73 Å². The molecule has 0 aromatic heterocycles. The topological polar surface area (TPSA) is 26.0 Å². The highest BCUT2D eigenvalue weighted by molar-refractivity contribution is 7.84. The zero-order valence-corrected chi connectivity index (χ0v) is 5.63. The molecule has 0 bridgehead atoms. The summed E-state index contributed by atoms with van der Waals surface area (Å²) in [5.41, 5.74) is 6.30. The van der Waals surface area contributed by atoms with Crippen LogP contribution in [0.25, 0.3) is 0 Å². The first-order valence-corrected chi connectivity index (χ1v) is 2.77. The average Bonchev–Trinajstić information content (AvgIpc) is 1.65. The van der Waals surface area contributed by atoms with Gasteiger partial charge in [0.1, 0.15) is 0 Å². The second-order valence-corrected chi connectivity index (χ2v) is 2.14. The van der Waals surface area contributed by atoms with Crippen LogP contribution in [0.5, 0.6) is 0 Å². The molecular weight excluding hydrogens is 106 g/mol. The van der Waals surface area contributed by atoms with Crippen LogP contribution in [-0.2, 0) is 0 Å². The van der Waals surface area contributed by atoms with Crippen LogP contribution in [-0.4, -0.2) is 0 Å². The highest BCUT2D eigenvalue weighted by Crippen LogP contribution is 2.03. The second kappa shape index (κ2) is 2.97. The summed E-state index contributed by atoms with van der Waals surface area (Å²) in [6, 6.07) is 0. The first-order chi connectivity index (χ1) is 3.18. The summed E-state index contributed by atoms with van der Waals surface area (Å²) in [7, 11) is 0. The summed E-state index contributed by atoms with van der Waals surface area (Å²) >= 11 is 4.03. The molecule has 2 N–H and O–H groups in total. The zero-order chi connectivity index (χ0) is 5.86. The Morgan fingerprint density at radius 1 is 1.71 bits per heavy atom. The summed E-state index contributed by atoms with van der Waals surface area (Å²) in [5, 5.41) is 0. The van der Waals surface area contributed by atoms with Crippen LogP contribution in [0.3, 0.4) is 0 Å². The fourth-order valence-electron chi connectivity index (χ4n) is 0.256. The van der Waals surface area contributed by atoms with Crippen LogP contribution in [0.15, 0.2) is 10.6 Å². The maximum absolute atomic E-state index is 5.42. The van der Waals surface area contributed by atoms with Gasteiger partial charge in [0.25, 0.3) is 0 Å². The van der Waals surface area contributed by atoms with Gasteiger partial charge in [0.05, 0.1) is 0 Å². The molecule has 0 fully saturated rings. The van der Waals surface area contributed by atoms with Crippen LogP contribution in [0.4, 0.5) is 0 Å². The molecule has 0 unspecified atom stereocenters. The minimum atomic E-state index is 0.878. The summed E-state index contributed by atoms with van der Waals surface area (Å²) < 4.78 is 0. The van der Waals surface area contributed by atoms with Crippen LogP contribution in [0, 0.1) is 0 Å². The number of rotatable bonds is 1. The molecule has 0 heterocycles. The molecule has 0 amide bonds. The molecule has 2 heteroatoms. The molecule has 0 atom stereocenters. The predicted octanol–water partition coefficient (Wildman–Crippen LogP) is 1.52. The molecule has 0 radical (unpaired) electrons. The molecular formula is C5H11NS. The quantitative estimate of drug-likeness (QED) is 0.500. The van der Waals surface area contributed by atoms with Gasteiger partial charge in [0, 0.05) is 5.70 Å². The molecule has 0 aliphatic heterocycles. The average molecular weight is 117 g/mol. The van der Waals surface area contributed by atoms with Crippen molar-refractivity contribution < 1.29 is 0 Å². The van der Waals surface area contributed by atoms with Crippen molar-refractivity contribution in [3.8, 4) is 0 Å². The van der Waals surface area contributed by atoms with E-state index in [-0.39, 0.29) is 0 Å². The third kappa shape index (κ3) is 2.57. The van der Waals surface area contributed by atoms with E-state index in [4.69, 9.17) is 5.73 Å². The van der Waals surface area contributed by atoms with Gasteiger partial charge in [-0.1, -0.05) is 6.92 Å². The van der Waals surface area contributed by atoms with Crippen LogP contribution in [0.2, 0.25) is 0 Å². The fraction of sp³-hybridized carbons (Fsp3) is 0.600. The maximum atomic E-state index is 5.42. The number of nitrogens with two attached hydrogens (primary N) is 1. The lowest BCUT2D eigenvalue weighted by Gasteiger charge is -1.94. The summed E-state index contributed by atoms with van der Waals surface area (Å²) in [6.07, 6.45) is 0.898. The standard InChI is InChI=1S/C5H11NS/c1-3-5(6)4(2)7/h7H,3,6H2,1-2H3/b5-4-. The molecule has 0 aliphatic carbocycles. The zero-order valence-electron chi connectivity index (χ0n) is 4.73. The normalized spacial score (nSPS) is 13.6. The summed E-state index contributed by atoms with van der Waals surface area (Å²) in [6.45, 7) is 3.90. The Hall–Kier alpha value is -0.110. The van der Waals surface area contributed by atoms with Crippen molar-refractivity contribution in [2.24, 2.45) is 5.73 Å². The number of hydrogen-bond donors (Lipinski definition) is 2. The molecule has 0 saturated carbocycles. The van der Waals surface area contributed by atoms with Gasteiger partial charge in [-0.05, 0) is 18.2 Å². The van der Waals surface area contributed by atoms with Crippen molar-refractivity contribution >= 4 is 12.6 Å². The van der Waals surface area contributed by atoms with Crippen molar-refractivity contribution in [3.63, 3.8) is 0 Å². The molecule has 0 spiro atoms. The van der Waals surface area contributed by atoms with E-state index in [1.165, 1.54) is 0 Å². The SMILES string of the molecule is CC/C(N)=C(\C)S. The first kappa shape index (κ1) is 6.89. The van der Waals surface area contributed by atoms with Crippen molar-refractivity contribution in [2.75, 3.05) is 0 Å². The molecule has 0 rings (SSSR count). The Labute approximate surface area is 50.0 Å². The Morgan fingerprint density at radius 2 is 2.14 bits per heavy atom. The molecule has 0 aromatic rings. The Kier molecular flexibility index (Phi) is 2.92. The molecule has 0 aliphatic rings. The molecule has 42 valence electrons. The lowest BCUT2D eigenvalue weighted by molar-refractivity contribution is 1.06. The van der Waals surface area contributed by atoms with E-state index < -0.39 is 0 Å². The minimum absolute atomic E-state index is 0.878. The first-order valence-electron chi connectivity index (χ1n) is 2.32. The Bertz CT molecular complexity index is 82.1. The highest BCUT2D eigenvalue weighted by atomic mass is 32.1. The van der Waals surface area contributed by atoms with Crippen molar-refractivity contribution in [1.82, 2.24) is 0 Å². The van der Waals surface area contributed by atoms with E-state index >= 15 is 0 Å². The van der Waals surface area contributed by atoms with Crippen molar-refractivity contribution in [2.45, 2.75) is 20.3 Å². The predicted molar refractivity (Wildman–Crippen MR) is 36.2 cm³/mol. The molecule has 0 saturated heterocycles. The van der Waals surface area contributed by atoms with Crippen molar-refractivity contribution in [3.05, 3.63) is 10.6 Å². The Morgan fingerprint density at radius 3 is 2.14 bits per heavy atom. The second-order valence-electron chi connectivity index (χ2n) is 1.46. The minimum Gasteiger partial charge on any atom is -0.401 e. The lowest BCUT2D eigenvalue weighted by Crippen LogP contribution is -1.95. The van der Waals surface area contributed by atoms with E-state index in [1.54, 1.807) is 0 Å². The van der Waals surface area contributed by atoms with Gasteiger partial charge in [-0.3, -0.25) is 0 Å². The largest absolute Gasteiger partial charge is 0.401 e. The van der Waals surface area contributed by atoms with Gasteiger partial charge in [0.15, 0.2) is 0 Å². The number of allylic oxidation sites excluding steroid dienone is 2. The summed E-state index contributed by atoms with van der Waals surface area (Å²) in [5.74, 6) is 0. The molecule has 7 heavy (non-hydrogen) atoms. The monoisotopic (exact) mass is 117 g/mol. The number of thiol groups is 1. The highest BCUT2D eigenvalue weighted by Gasteiger charge is 1.84. The fourth-order valence-corrected chi connectivity index (χ4v) is 0.414. The van der Waals surface area contributed by atoms with E-state index in [9.17, 15) is 0 Å². The van der Waals surface area contributed by atoms with E-state index in [1.807, 2.05) is 13.8 Å². The van der Waals surface area contributed by atoms with Gasteiger partial charge in [-0.2, -0.15) is 0 Å². The van der Waals surface area contributed by atoms with Crippen LogP contribution >= 0.6 is 12.6 Å². The third-order valence-corrected chi connectivity index (χ3v) is 1.13. The van der Waals surface area contributed by atoms with Gasteiger partial charge in [-0.25, -0.2) is 0 Å². The van der Waals surface area contributed by atoms with Crippen LogP contribution in [0.1, 0.15) is 20.3 Å². The molecule has 1 nitrogen and oxygen atoms in total. The third-order valence-electron chi connectivity index (χ3n) is 0.846. The molecule has 0 aromatic carbocycles. The summed E-state index contributed by atoms with van der Waals surface area (Å²) in [4.78, 5) is 0.933.